The highest BCUT2D eigenvalue weighted by molar-refractivity contribution is 7.98. The van der Waals surface area contributed by atoms with E-state index >= 15 is 0 Å². The Hall–Kier alpha value is -0.470. The van der Waals surface area contributed by atoms with Crippen molar-refractivity contribution in [2.75, 3.05) is 12.8 Å². The largest absolute Gasteiger partial charge is 0.310 e. The number of rotatable bonds is 7. The summed E-state index contributed by atoms with van der Waals surface area (Å²) < 4.78 is 0. The van der Waals surface area contributed by atoms with Crippen LogP contribution >= 0.6 is 11.8 Å². The first kappa shape index (κ1) is 14.9. The van der Waals surface area contributed by atoms with Crippen LogP contribution in [0.4, 0.5) is 0 Å². The molecule has 0 aromatic heterocycles. The van der Waals surface area contributed by atoms with E-state index in [1.165, 1.54) is 49.0 Å². The number of hydrogen-bond acceptors (Lipinski definition) is 2. The highest BCUT2D eigenvalue weighted by Gasteiger charge is 2.14. The van der Waals surface area contributed by atoms with Crippen molar-refractivity contribution < 1.29 is 0 Å². The second-order valence-electron chi connectivity index (χ2n) is 5.74. The van der Waals surface area contributed by atoms with Crippen LogP contribution in [0.1, 0.15) is 57.1 Å². The van der Waals surface area contributed by atoms with Crippen LogP contribution in [0.2, 0.25) is 0 Å². The standard InChI is InChI=1S/C17H27NS/c1-14(16-9-11-17(19-2)12-10-16)18-13-5-8-15-6-3-4-7-15/h9-12,14-15,18H,3-8,13H2,1-2H3. The SMILES string of the molecule is CSc1ccc(C(C)NCCCC2CCCC2)cc1. The molecular weight excluding hydrogens is 250 g/mol. The summed E-state index contributed by atoms with van der Waals surface area (Å²) in [7, 11) is 0. The minimum Gasteiger partial charge on any atom is -0.310 e. The number of hydrogen-bond donors (Lipinski definition) is 1. The summed E-state index contributed by atoms with van der Waals surface area (Å²) in [6, 6.07) is 9.41. The molecule has 1 saturated carbocycles. The maximum Gasteiger partial charge on any atom is 0.0291 e. The molecular formula is C17H27NS. The van der Waals surface area contributed by atoms with Gasteiger partial charge in [-0.2, -0.15) is 0 Å². The molecule has 1 aromatic carbocycles. The molecule has 2 heteroatoms. The molecule has 1 unspecified atom stereocenters. The number of benzene rings is 1. The minimum atomic E-state index is 0.472. The summed E-state index contributed by atoms with van der Waals surface area (Å²) >= 11 is 1.80. The van der Waals surface area contributed by atoms with Crippen molar-refractivity contribution in [3.63, 3.8) is 0 Å². The first-order valence-electron chi connectivity index (χ1n) is 7.67. The summed E-state index contributed by atoms with van der Waals surface area (Å²) in [4.78, 5) is 1.34. The van der Waals surface area contributed by atoms with Gasteiger partial charge < -0.3 is 5.32 Å². The van der Waals surface area contributed by atoms with Gasteiger partial charge in [0, 0.05) is 10.9 Å². The van der Waals surface area contributed by atoms with Crippen molar-refractivity contribution >= 4 is 11.8 Å². The molecule has 1 aliphatic carbocycles. The van der Waals surface area contributed by atoms with Crippen molar-refractivity contribution in [3.8, 4) is 0 Å². The molecule has 1 aromatic rings. The third kappa shape index (κ3) is 4.85. The molecule has 1 aliphatic rings. The molecule has 1 nitrogen and oxygen atoms in total. The van der Waals surface area contributed by atoms with Gasteiger partial charge in [0.25, 0.3) is 0 Å². The average molecular weight is 277 g/mol. The normalized spacial score (nSPS) is 17.8. The third-order valence-corrected chi connectivity index (χ3v) is 5.07. The Morgan fingerprint density at radius 1 is 1.21 bits per heavy atom. The zero-order valence-corrected chi connectivity index (χ0v) is 13.1. The average Bonchev–Trinajstić information content (AvgIpc) is 2.96. The quantitative estimate of drug-likeness (QED) is 0.554. The Labute approximate surface area is 122 Å². The Morgan fingerprint density at radius 2 is 1.89 bits per heavy atom. The monoisotopic (exact) mass is 277 g/mol. The smallest absolute Gasteiger partial charge is 0.0291 e. The Bertz CT molecular complexity index is 354. The fraction of sp³-hybridized carbons (Fsp3) is 0.647. The van der Waals surface area contributed by atoms with E-state index in [9.17, 15) is 0 Å². The van der Waals surface area contributed by atoms with E-state index in [4.69, 9.17) is 0 Å². The van der Waals surface area contributed by atoms with E-state index in [1.54, 1.807) is 11.8 Å². The van der Waals surface area contributed by atoms with Crippen LogP contribution in [-0.4, -0.2) is 12.8 Å². The summed E-state index contributed by atoms with van der Waals surface area (Å²) in [5, 5.41) is 3.65. The van der Waals surface area contributed by atoms with E-state index in [1.807, 2.05) is 0 Å². The summed E-state index contributed by atoms with van der Waals surface area (Å²) in [5.74, 6) is 1.03. The molecule has 0 aliphatic heterocycles. The van der Waals surface area contributed by atoms with Crippen LogP contribution in [0.15, 0.2) is 29.2 Å². The zero-order chi connectivity index (χ0) is 13.5. The maximum atomic E-state index is 3.65. The molecule has 0 saturated heterocycles. The van der Waals surface area contributed by atoms with Crippen molar-refractivity contribution in [1.82, 2.24) is 5.32 Å². The predicted octanol–water partition coefficient (Wildman–Crippen LogP) is 5.03. The van der Waals surface area contributed by atoms with E-state index in [0.717, 1.165) is 12.5 Å². The van der Waals surface area contributed by atoms with E-state index in [2.05, 4.69) is 42.8 Å². The molecule has 0 amide bonds. The summed E-state index contributed by atoms with van der Waals surface area (Å²) in [5.41, 5.74) is 1.40. The minimum absolute atomic E-state index is 0.472. The van der Waals surface area contributed by atoms with E-state index in [-0.39, 0.29) is 0 Å². The van der Waals surface area contributed by atoms with Crippen LogP contribution in [0.25, 0.3) is 0 Å². The molecule has 1 fully saturated rings. The lowest BCUT2D eigenvalue weighted by atomic mass is 10.0. The maximum absolute atomic E-state index is 3.65. The van der Waals surface area contributed by atoms with Gasteiger partial charge in [-0.15, -0.1) is 11.8 Å². The van der Waals surface area contributed by atoms with Crippen LogP contribution in [-0.2, 0) is 0 Å². The molecule has 0 heterocycles. The Balaban J connectivity index is 1.66. The van der Waals surface area contributed by atoms with Gasteiger partial charge in [0.1, 0.15) is 0 Å². The summed E-state index contributed by atoms with van der Waals surface area (Å²) in [6.45, 7) is 3.42. The lowest BCUT2D eigenvalue weighted by Gasteiger charge is -2.15. The van der Waals surface area contributed by atoms with Gasteiger partial charge in [0.05, 0.1) is 0 Å². The molecule has 2 rings (SSSR count). The lowest BCUT2D eigenvalue weighted by Crippen LogP contribution is -2.20. The second-order valence-corrected chi connectivity index (χ2v) is 6.62. The van der Waals surface area contributed by atoms with Gasteiger partial charge in [-0.05, 0) is 56.2 Å². The topological polar surface area (TPSA) is 12.0 Å². The van der Waals surface area contributed by atoms with Crippen molar-refractivity contribution in [3.05, 3.63) is 29.8 Å². The number of thioether (sulfide) groups is 1. The van der Waals surface area contributed by atoms with Gasteiger partial charge in [-0.3, -0.25) is 0 Å². The van der Waals surface area contributed by atoms with Crippen LogP contribution in [0.5, 0.6) is 0 Å². The molecule has 0 radical (unpaired) electrons. The molecule has 1 atom stereocenters. The third-order valence-electron chi connectivity index (χ3n) is 4.33. The Kier molecular flexibility index (Phi) is 6.25. The van der Waals surface area contributed by atoms with Crippen LogP contribution < -0.4 is 5.32 Å². The summed E-state index contributed by atoms with van der Waals surface area (Å²) in [6.07, 6.45) is 10.8. The van der Waals surface area contributed by atoms with Crippen LogP contribution in [0, 0.1) is 5.92 Å². The first-order chi connectivity index (χ1) is 9.29. The molecule has 0 bridgehead atoms. The van der Waals surface area contributed by atoms with Crippen molar-refractivity contribution in [2.45, 2.75) is 56.4 Å². The van der Waals surface area contributed by atoms with Crippen molar-refractivity contribution in [1.29, 1.82) is 0 Å². The second kappa shape index (κ2) is 7.96. The molecule has 106 valence electrons. The van der Waals surface area contributed by atoms with Gasteiger partial charge >= 0.3 is 0 Å². The molecule has 0 spiro atoms. The van der Waals surface area contributed by atoms with Gasteiger partial charge in [-0.1, -0.05) is 37.8 Å². The molecule has 19 heavy (non-hydrogen) atoms. The van der Waals surface area contributed by atoms with Gasteiger partial charge in [0.2, 0.25) is 0 Å². The highest BCUT2D eigenvalue weighted by atomic mass is 32.2. The lowest BCUT2D eigenvalue weighted by molar-refractivity contribution is 0.456. The van der Waals surface area contributed by atoms with E-state index < -0.39 is 0 Å². The van der Waals surface area contributed by atoms with E-state index in [0.29, 0.717) is 6.04 Å². The number of nitrogens with one attached hydrogen (secondary N) is 1. The first-order valence-corrected chi connectivity index (χ1v) is 8.89. The van der Waals surface area contributed by atoms with Crippen LogP contribution in [0.3, 0.4) is 0 Å². The fourth-order valence-corrected chi connectivity index (χ4v) is 3.43. The predicted molar refractivity (Wildman–Crippen MR) is 85.8 cm³/mol. The Morgan fingerprint density at radius 3 is 2.53 bits per heavy atom. The fourth-order valence-electron chi connectivity index (χ4n) is 3.02. The highest BCUT2D eigenvalue weighted by Crippen LogP contribution is 2.28. The van der Waals surface area contributed by atoms with Crippen molar-refractivity contribution in [2.24, 2.45) is 5.92 Å². The van der Waals surface area contributed by atoms with Gasteiger partial charge in [-0.25, -0.2) is 0 Å². The van der Waals surface area contributed by atoms with Gasteiger partial charge in [0.15, 0.2) is 0 Å². The molecule has 1 N–H and O–H groups in total. The zero-order valence-electron chi connectivity index (χ0n) is 12.3.